The van der Waals surface area contributed by atoms with Crippen LogP contribution in [0, 0.1) is 35.2 Å². The summed E-state index contributed by atoms with van der Waals surface area (Å²) in [7, 11) is 0. The van der Waals surface area contributed by atoms with Crippen LogP contribution in [0.5, 0.6) is 0 Å². The van der Waals surface area contributed by atoms with E-state index in [2.05, 4.69) is 35.2 Å². The van der Waals surface area contributed by atoms with Crippen molar-refractivity contribution in [3.8, 4) is 35.2 Å². The molecule has 0 nitrogen and oxygen atoms in total. The van der Waals surface area contributed by atoms with E-state index in [1.165, 1.54) is 0 Å². The second kappa shape index (κ2) is 15.7. The van der Waals surface area contributed by atoms with Gasteiger partial charge in [0, 0.05) is 36.9 Å². The van der Waals surface area contributed by atoms with Gasteiger partial charge in [0.25, 0.3) is 0 Å². The highest BCUT2D eigenvalue weighted by atomic mass is 35.5. The van der Waals surface area contributed by atoms with E-state index in [1.807, 2.05) is 0 Å². The van der Waals surface area contributed by atoms with Gasteiger partial charge in [-0.2, -0.15) is 0 Å². The average Bonchev–Trinajstić information content (AvgIpc) is 2.43. The lowest BCUT2D eigenvalue weighted by molar-refractivity contribution is 0.991. The van der Waals surface area contributed by atoms with Gasteiger partial charge in [0.15, 0.2) is 0 Å². The summed E-state index contributed by atoms with van der Waals surface area (Å²) in [4.78, 5) is 0. The summed E-state index contributed by atoms with van der Waals surface area (Å²) in [5.41, 5.74) is 0. The molecule has 0 spiro atoms. The minimum atomic E-state index is -0.166. The van der Waals surface area contributed by atoms with Gasteiger partial charge in [-0.3, -0.25) is 0 Å². The van der Waals surface area contributed by atoms with Crippen LogP contribution in [0.3, 0.4) is 0 Å². The Morgan fingerprint density at radius 3 is 1.16 bits per heavy atom. The molecule has 0 aliphatic carbocycles. The first kappa shape index (κ1) is 18.6. The van der Waals surface area contributed by atoms with Crippen molar-refractivity contribution in [3.05, 3.63) is 0 Å². The first-order valence-corrected chi connectivity index (χ1v) is 8.08. The lowest BCUT2D eigenvalue weighted by atomic mass is 9.52. The van der Waals surface area contributed by atoms with Crippen molar-refractivity contribution in [3.63, 3.8) is 0 Å². The zero-order chi connectivity index (χ0) is 14.2. The van der Waals surface area contributed by atoms with E-state index >= 15 is 0 Å². The van der Waals surface area contributed by atoms with Crippen LogP contribution in [0.1, 0.15) is 38.5 Å². The molecular weight excluding hydrogens is 297 g/mol. The van der Waals surface area contributed by atoms with Crippen LogP contribution >= 0.6 is 34.8 Å². The standard InChI is InChI=1S/C15H18BCl3/c17-13-7-1-4-10-16(11-5-2-8-14-18)12-6-3-9-15-19/h1-3,7-9,13-15H2. The van der Waals surface area contributed by atoms with Gasteiger partial charge in [-0.05, 0) is 19.3 Å². The minimum absolute atomic E-state index is 0.166. The quantitative estimate of drug-likeness (QED) is 0.299. The summed E-state index contributed by atoms with van der Waals surface area (Å²) in [5.74, 6) is 20.4. The van der Waals surface area contributed by atoms with Crippen LogP contribution < -0.4 is 0 Å². The van der Waals surface area contributed by atoms with Gasteiger partial charge in [-0.1, -0.05) is 0 Å². The summed E-state index contributed by atoms with van der Waals surface area (Å²) in [5, 5.41) is 0. The zero-order valence-electron chi connectivity index (χ0n) is 11.1. The molecule has 102 valence electrons. The second-order valence-corrected chi connectivity index (χ2v) is 4.91. The highest BCUT2D eigenvalue weighted by Gasteiger charge is 2.01. The lowest BCUT2D eigenvalue weighted by Crippen LogP contribution is -2.04. The molecule has 0 aromatic carbocycles. The molecule has 0 fully saturated rings. The number of hydrogen-bond acceptors (Lipinski definition) is 0. The third kappa shape index (κ3) is 13.8. The van der Waals surface area contributed by atoms with E-state index < -0.39 is 0 Å². The van der Waals surface area contributed by atoms with E-state index in [-0.39, 0.29) is 6.71 Å². The average molecular weight is 315 g/mol. The predicted molar refractivity (Wildman–Crippen MR) is 88.9 cm³/mol. The number of unbranched alkanes of at least 4 members (excludes halogenated alkanes) is 3. The fraction of sp³-hybridized carbons (Fsp3) is 0.600. The molecule has 19 heavy (non-hydrogen) atoms. The molecule has 0 aromatic rings. The summed E-state index contributed by atoms with van der Waals surface area (Å²) in [6, 6.07) is 0. The van der Waals surface area contributed by atoms with Crippen LogP contribution in [0.15, 0.2) is 0 Å². The number of halogens is 3. The lowest BCUT2D eigenvalue weighted by Gasteiger charge is -1.88. The predicted octanol–water partition coefficient (Wildman–Crippen LogP) is 4.17. The van der Waals surface area contributed by atoms with Crippen molar-refractivity contribution in [1.29, 1.82) is 0 Å². The molecule has 0 atom stereocenters. The molecule has 0 bridgehead atoms. The summed E-state index contributed by atoms with van der Waals surface area (Å²) in [6.45, 7) is -0.166. The molecule has 0 rings (SSSR count). The molecule has 4 heteroatoms. The van der Waals surface area contributed by atoms with Crippen LogP contribution in [-0.4, -0.2) is 24.4 Å². The minimum Gasteiger partial charge on any atom is -0.127 e. The van der Waals surface area contributed by atoms with Gasteiger partial charge in [-0.25, -0.2) is 0 Å². The maximum absolute atomic E-state index is 5.60. The first-order chi connectivity index (χ1) is 9.35. The van der Waals surface area contributed by atoms with Gasteiger partial charge in [0.1, 0.15) is 0 Å². The fourth-order valence-electron chi connectivity index (χ4n) is 1.10. The normalized spacial score (nSPS) is 8.37. The molecule has 0 aliphatic heterocycles. The van der Waals surface area contributed by atoms with Crippen molar-refractivity contribution in [2.24, 2.45) is 0 Å². The zero-order valence-corrected chi connectivity index (χ0v) is 13.3. The Kier molecular flexibility index (Phi) is 15.4. The SMILES string of the molecule is ClCCCC#CB(C#CCCCCl)C#CCCCCl. The third-order valence-electron chi connectivity index (χ3n) is 2.05. The van der Waals surface area contributed by atoms with Crippen molar-refractivity contribution in [2.75, 3.05) is 17.6 Å². The maximum atomic E-state index is 5.60. The Morgan fingerprint density at radius 2 is 0.895 bits per heavy atom. The summed E-state index contributed by atoms with van der Waals surface area (Å²) >= 11 is 16.8. The van der Waals surface area contributed by atoms with Gasteiger partial charge in [0.2, 0.25) is 0 Å². The number of rotatable bonds is 6. The molecule has 0 saturated carbocycles. The van der Waals surface area contributed by atoms with E-state index in [1.54, 1.807) is 0 Å². The third-order valence-corrected chi connectivity index (χ3v) is 2.85. The fourth-order valence-corrected chi connectivity index (χ4v) is 1.50. The van der Waals surface area contributed by atoms with Crippen molar-refractivity contribution in [2.45, 2.75) is 38.5 Å². The van der Waals surface area contributed by atoms with Gasteiger partial charge in [-0.15, -0.1) is 70.0 Å². The van der Waals surface area contributed by atoms with Gasteiger partial charge in [0.05, 0.1) is 0 Å². The van der Waals surface area contributed by atoms with Crippen LogP contribution in [-0.2, 0) is 0 Å². The van der Waals surface area contributed by atoms with Crippen LogP contribution in [0.25, 0.3) is 0 Å². The molecule has 0 saturated heterocycles. The molecule has 0 radical (unpaired) electrons. The van der Waals surface area contributed by atoms with Crippen molar-refractivity contribution < 1.29 is 0 Å². The molecule has 0 aliphatic rings. The van der Waals surface area contributed by atoms with Gasteiger partial charge >= 0.3 is 6.71 Å². The Morgan fingerprint density at radius 1 is 0.579 bits per heavy atom. The second-order valence-electron chi connectivity index (χ2n) is 3.77. The molecular formula is C15H18BCl3. The maximum Gasteiger partial charge on any atom is 0.395 e. The summed E-state index contributed by atoms with van der Waals surface area (Å²) in [6.07, 6.45) is 5.11. The Balaban J connectivity index is 4.36. The molecule has 0 unspecified atom stereocenters. The van der Waals surface area contributed by atoms with E-state index in [0.717, 1.165) is 38.5 Å². The van der Waals surface area contributed by atoms with E-state index in [0.29, 0.717) is 17.6 Å². The smallest absolute Gasteiger partial charge is 0.127 e. The van der Waals surface area contributed by atoms with Crippen LogP contribution in [0.4, 0.5) is 0 Å². The van der Waals surface area contributed by atoms with E-state index in [4.69, 9.17) is 34.8 Å². The summed E-state index contributed by atoms with van der Waals surface area (Å²) < 4.78 is 0. The largest absolute Gasteiger partial charge is 0.395 e. The Labute approximate surface area is 133 Å². The van der Waals surface area contributed by atoms with Crippen molar-refractivity contribution >= 4 is 41.5 Å². The van der Waals surface area contributed by atoms with E-state index in [9.17, 15) is 0 Å². The Bertz CT molecular complexity index is 325. The van der Waals surface area contributed by atoms with Crippen LogP contribution in [0.2, 0.25) is 0 Å². The number of alkyl halides is 3. The first-order valence-electron chi connectivity index (χ1n) is 6.48. The monoisotopic (exact) mass is 314 g/mol. The highest BCUT2D eigenvalue weighted by Crippen LogP contribution is 1.92. The number of hydrogen-bond donors (Lipinski definition) is 0. The highest BCUT2D eigenvalue weighted by molar-refractivity contribution is 6.82. The topological polar surface area (TPSA) is 0 Å². The van der Waals surface area contributed by atoms with Gasteiger partial charge < -0.3 is 0 Å². The molecule has 0 aromatic heterocycles. The molecule has 0 amide bonds. The van der Waals surface area contributed by atoms with Crippen molar-refractivity contribution in [1.82, 2.24) is 0 Å². The Hall–Kier alpha value is -0.385. The molecule has 0 heterocycles. The molecule has 0 N–H and O–H groups in total.